The van der Waals surface area contributed by atoms with Crippen LogP contribution in [0.15, 0.2) is 85.2 Å². The van der Waals surface area contributed by atoms with Crippen LogP contribution in [0.2, 0.25) is 0 Å². The minimum atomic E-state index is 0. The molecule has 0 aliphatic rings. The second kappa shape index (κ2) is 7.84. The Labute approximate surface area is 147 Å². The van der Waals surface area contributed by atoms with Gasteiger partial charge in [0.05, 0.1) is 0 Å². The van der Waals surface area contributed by atoms with Crippen LogP contribution in [0.3, 0.4) is 0 Å². The minimum Gasteiger partial charge on any atom is -1.00 e. The molecular weight excluding hydrogens is 385 g/mol. The van der Waals surface area contributed by atoms with Crippen molar-refractivity contribution in [1.82, 2.24) is 0 Å². The number of rotatable bonds is 4. The zero-order valence-electron chi connectivity index (χ0n) is 12.0. The SMILES string of the molecule is O=C(C[n+]1ccccc1)c1ccc(-c2ccccc2)cc1.[I-]. The number of nitrogens with zero attached hydrogens (tertiary/aromatic N) is 1. The molecule has 22 heavy (non-hydrogen) atoms. The lowest BCUT2D eigenvalue weighted by Crippen LogP contribution is -3.00. The summed E-state index contributed by atoms with van der Waals surface area (Å²) in [6.07, 6.45) is 3.80. The van der Waals surface area contributed by atoms with E-state index in [2.05, 4.69) is 12.1 Å². The topological polar surface area (TPSA) is 20.9 Å². The highest BCUT2D eigenvalue weighted by molar-refractivity contribution is 5.95. The van der Waals surface area contributed by atoms with Gasteiger partial charge in [0, 0.05) is 17.7 Å². The van der Waals surface area contributed by atoms with Gasteiger partial charge >= 0.3 is 0 Å². The van der Waals surface area contributed by atoms with E-state index >= 15 is 0 Å². The second-order valence-electron chi connectivity index (χ2n) is 4.91. The Morgan fingerprint density at radius 2 is 1.27 bits per heavy atom. The third-order valence-corrected chi connectivity index (χ3v) is 3.42. The van der Waals surface area contributed by atoms with Crippen molar-refractivity contribution < 1.29 is 33.3 Å². The monoisotopic (exact) mass is 401 g/mol. The quantitative estimate of drug-likeness (QED) is 0.355. The van der Waals surface area contributed by atoms with Crippen LogP contribution < -0.4 is 28.5 Å². The van der Waals surface area contributed by atoms with Gasteiger partial charge in [0.25, 0.3) is 0 Å². The first-order valence-electron chi connectivity index (χ1n) is 6.96. The number of halogens is 1. The van der Waals surface area contributed by atoms with Crippen molar-refractivity contribution >= 4 is 5.78 Å². The first-order chi connectivity index (χ1) is 10.3. The van der Waals surface area contributed by atoms with Crippen molar-refractivity contribution in [2.75, 3.05) is 0 Å². The first-order valence-corrected chi connectivity index (χ1v) is 6.96. The summed E-state index contributed by atoms with van der Waals surface area (Å²) in [5, 5.41) is 0. The van der Waals surface area contributed by atoms with Crippen LogP contribution >= 0.6 is 0 Å². The van der Waals surface area contributed by atoms with E-state index in [0.717, 1.165) is 16.7 Å². The predicted molar refractivity (Wildman–Crippen MR) is 82.8 cm³/mol. The molecule has 3 heteroatoms. The molecule has 0 unspecified atom stereocenters. The molecule has 3 aromatic rings. The summed E-state index contributed by atoms with van der Waals surface area (Å²) in [4.78, 5) is 12.2. The minimum absolute atomic E-state index is 0. The highest BCUT2D eigenvalue weighted by Crippen LogP contribution is 2.19. The number of Topliss-reactive ketones (excluding diaryl/α,β-unsaturated/α-hetero) is 1. The third kappa shape index (κ3) is 4.01. The number of ketones is 1. The van der Waals surface area contributed by atoms with Crippen LogP contribution in [0.25, 0.3) is 11.1 Å². The molecule has 0 fully saturated rings. The fourth-order valence-electron chi connectivity index (χ4n) is 2.28. The Morgan fingerprint density at radius 3 is 1.91 bits per heavy atom. The normalized spacial score (nSPS) is 9.82. The number of aromatic nitrogens is 1. The maximum atomic E-state index is 12.2. The van der Waals surface area contributed by atoms with Gasteiger partial charge in [-0.3, -0.25) is 4.79 Å². The van der Waals surface area contributed by atoms with Crippen LogP contribution in [0.5, 0.6) is 0 Å². The summed E-state index contributed by atoms with van der Waals surface area (Å²) in [7, 11) is 0. The summed E-state index contributed by atoms with van der Waals surface area (Å²) in [5.41, 5.74) is 3.03. The number of hydrogen-bond donors (Lipinski definition) is 0. The number of carbonyl (C=O) groups is 1. The van der Waals surface area contributed by atoms with Gasteiger partial charge < -0.3 is 24.0 Å². The standard InChI is InChI=1S/C19H16NO.HI/c21-19(15-20-13-5-2-6-14-20)18-11-9-17(10-12-18)16-7-3-1-4-8-16;/h1-14H,15H2;1H/q+1;/p-1. The molecule has 110 valence electrons. The van der Waals surface area contributed by atoms with E-state index in [4.69, 9.17) is 0 Å². The summed E-state index contributed by atoms with van der Waals surface area (Å²) in [6.45, 7) is 0.367. The van der Waals surface area contributed by atoms with Crippen molar-refractivity contribution in [2.45, 2.75) is 6.54 Å². The summed E-state index contributed by atoms with van der Waals surface area (Å²) >= 11 is 0. The second-order valence-corrected chi connectivity index (χ2v) is 4.91. The molecule has 1 heterocycles. The zero-order chi connectivity index (χ0) is 14.5. The molecule has 3 rings (SSSR count). The molecule has 0 N–H and O–H groups in total. The molecule has 0 radical (unpaired) electrons. The molecule has 0 atom stereocenters. The van der Waals surface area contributed by atoms with Gasteiger partial charge in [-0.2, -0.15) is 4.57 Å². The van der Waals surface area contributed by atoms with E-state index in [1.165, 1.54) is 0 Å². The Morgan fingerprint density at radius 1 is 0.727 bits per heavy atom. The van der Waals surface area contributed by atoms with E-state index in [1.54, 1.807) is 0 Å². The molecule has 0 aliphatic heterocycles. The number of benzene rings is 2. The summed E-state index contributed by atoms with van der Waals surface area (Å²) in [6, 6.07) is 23.7. The molecule has 0 bridgehead atoms. The Kier molecular flexibility index (Phi) is 5.83. The first kappa shape index (κ1) is 16.4. The molecule has 0 amide bonds. The molecule has 0 saturated heterocycles. The van der Waals surface area contributed by atoms with Gasteiger partial charge in [-0.05, 0) is 11.1 Å². The van der Waals surface area contributed by atoms with Crippen LogP contribution in [-0.2, 0) is 6.54 Å². The van der Waals surface area contributed by atoms with E-state index < -0.39 is 0 Å². The molecule has 2 aromatic carbocycles. The maximum absolute atomic E-state index is 12.2. The van der Waals surface area contributed by atoms with Gasteiger partial charge in [0.15, 0.2) is 12.4 Å². The fourth-order valence-corrected chi connectivity index (χ4v) is 2.28. The van der Waals surface area contributed by atoms with Crippen LogP contribution in [0.4, 0.5) is 0 Å². The average Bonchev–Trinajstić information content (AvgIpc) is 2.57. The molecule has 2 nitrogen and oxygen atoms in total. The van der Waals surface area contributed by atoms with Crippen LogP contribution in [-0.4, -0.2) is 5.78 Å². The van der Waals surface area contributed by atoms with Crippen LogP contribution in [0.1, 0.15) is 10.4 Å². The maximum Gasteiger partial charge on any atom is 0.227 e. The summed E-state index contributed by atoms with van der Waals surface area (Å²) in [5.74, 6) is 0.116. The Balaban J connectivity index is 0.00000176. The molecule has 1 aromatic heterocycles. The summed E-state index contributed by atoms with van der Waals surface area (Å²) < 4.78 is 1.88. The van der Waals surface area contributed by atoms with Gasteiger partial charge in [0.2, 0.25) is 12.3 Å². The molecular formula is C19H16INO. The van der Waals surface area contributed by atoms with Crippen molar-refractivity contribution in [3.63, 3.8) is 0 Å². The fraction of sp³-hybridized carbons (Fsp3) is 0.0526. The lowest BCUT2D eigenvalue weighted by Gasteiger charge is -2.03. The van der Waals surface area contributed by atoms with Gasteiger partial charge in [-0.15, -0.1) is 0 Å². The Bertz CT molecular complexity index is 724. The van der Waals surface area contributed by atoms with Crippen molar-refractivity contribution in [2.24, 2.45) is 0 Å². The number of pyridine rings is 1. The number of hydrogen-bond acceptors (Lipinski definition) is 1. The van der Waals surface area contributed by atoms with Gasteiger partial charge in [-0.1, -0.05) is 60.7 Å². The van der Waals surface area contributed by atoms with Gasteiger partial charge in [-0.25, -0.2) is 0 Å². The smallest absolute Gasteiger partial charge is 0.227 e. The van der Waals surface area contributed by atoms with Crippen molar-refractivity contribution in [1.29, 1.82) is 0 Å². The third-order valence-electron chi connectivity index (χ3n) is 3.42. The van der Waals surface area contributed by atoms with E-state index in [0.29, 0.717) is 6.54 Å². The van der Waals surface area contributed by atoms with Crippen molar-refractivity contribution in [3.8, 4) is 11.1 Å². The van der Waals surface area contributed by atoms with E-state index in [-0.39, 0.29) is 29.8 Å². The van der Waals surface area contributed by atoms with Crippen molar-refractivity contribution in [3.05, 3.63) is 90.8 Å². The highest BCUT2D eigenvalue weighted by atomic mass is 127. The average molecular weight is 401 g/mol. The highest BCUT2D eigenvalue weighted by Gasteiger charge is 2.11. The molecule has 0 aliphatic carbocycles. The molecule has 0 saturated carbocycles. The largest absolute Gasteiger partial charge is 1.00 e. The Hall–Kier alpha value is -2.01. The molecule has 0 spiro atoms. The van der Waals surface area contributed by atoms with E-state index in [1.807, 2.05) is 77.6 Å². The predicted octanol–water partition coefficient (Wildman–Crippen LogP) is 0.528. The van der Waals surface area contributed by atoms with Crippen LogP contribution in [0, 0.1) is 0 Å². The van der Waals surface area contributed by atoms with E-state index in [9.17, 15) is 4.79 Å². The van der Waals surface area contributed by atoms with Gasteiger partial charge in [0.1, 0.15) is 0 Å². The lowest BCUT2D eigenvalue weighted by atomic mass is 10.0. The zero-order valence-corrected chi connectivity index (χ0v) is 14.2. The number of carbonyl (C=O) groups excluding carboxylic acids is 1. The lowest BCUT2D eigenvalue weighted by molar-refractivity contribution is -0.683.